The van der Waals surface area contributed by atoms with Gasteiger partial charge >= 0.3 is 0 Å². The number of nitriles is 1. The molecule has 1 saturated heterocycles. The van der Waals surface area contributed by atoms with Gasteiger partial charge in [0.1, 0.15) is 0 Å². The van der Waals surface area contributed by atoms with Crippen molar-refractivity contribution in [3.63, 3.8) is 0 Å². The molecule has 0 radical (unpaired) electrons. The number of carbonyl (C=O) groups is 2. The molecule has 1 heterocycles. The van der Waals surface area contributed by atoms with Crippen LogP contribution in [0.5, 0.6) is 0 Å². The van der Waals surface area contributed by atoms with Crippen LogP contribution >= 0.6 is 11.6 Å². The summed E-state index contributed by atoms with van der Waals surface area (Å²) in [6.07, 6.45) is 1.90. The number of carbonyl (C=O) groups excluding carboxylic acids is 2. The number of rotatable bonds is 8. The quantitative estimate of drug-likeness (QED) is 0.638. The van der Waals surface area contributed by atoms with E-state index in [0.717, 1.165) is 12.0 Å². The number of nitrogens with zero attached hydrogens (tertiary/aromatic N) is 2. The van der Waals surface area contributed by atoms with Crippen molar-refractivity contribution in [3.8, 4) is 6.07 Å². The molecule has 2 aromatic rings. The van der Waals surface area contributed by atoms with E-state index in [9.17, 15) is 14.9 Å². The van der Waals surface area contributed by atoms with E-state index in [1.165, 1.54) is 0 Å². The Labute approximate surface area is 181 Å². The highest BCUT2D eigenvalue weighted by atomic mass is 35.5. The Bertz CT molecular complexity index is 981. The number of hydrogen-bond donors (Lipinski definition) is 2. The second-order valence-electron chi connectivity index (χ2n) is 7.20. The number of benzene rings is 2. The van der Waals surface area contributed by atoms with Gasteiger partial charge in [-0.15, -0.1) is 0 Å². The summed E-state index contributed by atoms with van der Waals surface area (Å²) in [6, 6.07) is 15.7. The molecule has 154 valence electrons. The number of halogens is 1. The molecule has 6 nitrogen and oxygen atoms in total. The van der Waals surface area contributed by atoms with E-state index in [1.54, 1.807) is 41.3 Å². The second kappa shape index (κ2) is 10.0. The van der Waals surface area contributed by atoms with Gasteiger partial charge in [0.25, 0.3) is 0 Å². The summed E-state index contributed by atoms with van der Waals surface area (Å²) in [4.78, 5) is 26.4. The van der Waals surface area contributed by atoms with E-state index >= 15 is 0 Å². The van der Waals surface area contributed by atoms with Gasteiger partial charge < -0.3 is 15.6 Å². The van der Waals surface area contributed by atoms with Gasteiger partial charge in [0, 0.05) is 31.0 Å². The van der Waals surface area contributed by atoms with Crippen LogP contribution in [0.15, 0.2) is 48.5 Å². The lowest BCUT2D eigenvalue weighted by Crippen LogP contribution is -2.49. The molecule has 2 amide bonds. The summed E-state index contributed by atoms with van der Waals surface area (Å²) in [6.45, 7) is 0.747. The predicted octanol–water partition coefficient (Wildman–Crippen LogP) is 3.32. The van der Waals surface area contributed by atoms with Gasteiger partial charge in [0.05, 0.1) is 23.4 Å². The zero-order valence-corrected chi connectivity index (χ0v) is 17.3. The largest absolute Gasteiger partial charge is 0.354 e. The van der Waals surface area contributed by atoms with Crippen LogP contribution in [0.25, 0.3) is 0 Å². The molecule has 0 aliphatic carbocycles. The normalized spacial score (nSPS) is 14.3. The molecule has 1 aliphatic heterocycles. The maximum absolute atomic E-state index is 12.4. The Balaban J connectivity index is 1.65. The Morgan fingerprint density at radius 2 is 1.97 bits per heavy atom. The van der Waals surface area contributed by atoms with Gasteiger partial charge in [-0.1, -0.05) is 41.9 Å². The third-order valence-corrected chi connectivity index (χ3v) is 5.48. The fourth-order valence-corrected chi connectivity index (χ4v) is 3.71. The standard InChI is InChI=1S/C23H23ClN4O2/c24-19-10-7-17(8-11-19)23(26)20(28-13-3-6-22(28)30)15-27-21(29)12-9-16-4-1-2-5-18(16)14-25/h1-2,4-5,7-8,10-11,20,26H,3,6,9,12-13,15H2,(H,27,29). The lowest BCUT2D eigenvalue weighted by atomic mass is 10.0. The van der Waals surface area contributed by atoms with Gasteiger partial charge in [-0.3, -0.25) is 9.59 Å². The summed E-state index contributed by atoms with van der Waals surface area (Å²) in [7, 11) is 0. The Morgan fingerprint density at radius 3 is 2.63 bits per heavy atom. The van der Waals surface area contributed by atoms with E-state index in [4.69, 9.17) is 17.0 Å². The molecule has 3 rings (SSSR count). The molecule has 7 heteroatoms. The molecule has 0 bridgehead atoms. The molecule has 0 aromatic heterocycles. The van der Waals surface area contributed by atoms with Crippen molar-refractivity contribution in [2.24, 2.45) is 0 Å². The molecule has 1 aliphatic rings. The van der Waals surface area contributed by atoms with Crippen LogP contribution in [0.3, 0.4) is 0 Å². The molecule has 0 spiro atoms. The molecule has 1 atom stereocenters. The molecule has 30 heavy (non-hydrogen) atoms. The monoisotopic (exact) mass is 422 g/mol. The van der Waals surface area contributed by atoms with Crippen molar-refractivity contribution >= 4 is 29.1 Å². The molecule has 2 N–H and O–H groups in total. The van der Waals surface area contributed by atoms with E-state index in [2.05, 4.69) is 11.4 Å². The minimum absolute atomic E-state index is 0.00379. The van der Waals surface area contributed by atoms with Gasteiger partial charge in [0.15, 0.2) is 0 Å². The third-order valence-electron chi connectivity index (χ3n) is 5.23. The van der Waals surface area contributed by atoms with E-state index in [1.807, 2.05) is 12.1 Å². The average molecular weight is 423 g/mol. The van der Waals surface area contributed by atoms with Crippen molar-refractivity contribution in [3.05, 3.63) is 70.2 Å². The highest BCUT2D eigenvalue weighted by Crippen LogP contribution is 2.18. The maximum Gasteiger partial charge on any atom is 0.223 e. The maximum atomic E-state index is 12.4. The van der Waals surface area contributed by atoms with Crippen LogP contribution in [0.2, 0.25) is 5.02 Å². The van der Waals surface area contributed by atoms with Crippen LogP contribution in [-0.4, -0.2) is 41.6 Å². The summed E-state index contributed by atoms with van der Waals surface area (Å²) in [5.74, 6) is -0.181. The van der Waals surface area contributed by atoms with Gasteiger partial charge in [-0.2, -0.15) is 5.26 Å². The van der Waals surface area contributed by atoms with E-state index in [-0.39, 0.29) is 30.5 Å². The number of nitrogens with one attached hydrogen (secondary N) is 2. The van der Waals surface area contributed by atoms with E-state index < -0.39 is 6.04 Å². The summed E-state index contributed by atoms with van der Waals surface area (Å²) >= 11 is 5.94. The molecule has 1 fully saturated rings. The smallest absolute Gasteiger partial charge is 0.223 e. The van der Waals surface area contributed by atoms with Gasteiger partial charge in [-0.05, 0) is 42.2 Å². The molecular weight excluding hydrogens is 400 g/mol. The second-order valence-corrected chi connectivity index (χ2v) is 7.64. The minimum atomic E-state index is -0.531. The lowest BCUT2D eigenvalue weighted by molar-refractivity contribution is -0.129. The number of likely N-dealkylation sites (tertiary alicyclic amines) is 1. The number of hydrogen-bond acceptors (Lipinski definition) is 4. The lowest BCUT2D eigenvalue weighted by Gasteiger charge is -2.29. The first-order chi connectivity index (χ1) is 14.5. The summed E-state index contributed by atoms with van der Waals surface area (Å²) < 4.78 is 0. The van der Waals surface area contributed by atoms with Crippen molar-refractivity contribution in [2.45, 2.75) is 31.7 Å². The van der Waals surface area contributed by atoms with Crippen LogP contribution in [0, 0.1) is 16.7 Å². The summed E-state index contributed by atoms with van der Waals surface area (Å²) in [5.41, 5.74) is 2.34. The Morgan fingerprint density at radius 1 is 1.23 bits per heavy atom. The van der Waals surface area contributed by atoms with Gasteiger partial charge in [0.2, 0.25) is 11.8 Å². The first-order valence-corrected chi connectivity index (χ1v) is 10.3. The third kappa shape index (κ3) is 5.25. The first kappa shape index (κ1) is 21.5. The fourth-order valence-electron chi connectivity index (χ4n) is 3.58. The zero-order valence-electron chi connectivity index (χ0n) is 16.5. The van der Waals surface area contributed by atoms with Crippen molar-refractivity contribution in [2.75, 3.05) is 13.1 Å². The summed E-state index contributed by atoms with van der Waals surface area (Å²) in [5, 5.41) is 21.2. The first-order valence-electron chi connectivity index (χ1n) is 9.88. The van der Waals surface area contributed by atoms with Crippen LogP contribution < -0.4 is 5.32 Å². The van der Waals surface area contributed by atoms with Crippen LogP contribution in [0.1, 0.15) is 36.0 Å². The fraction of sp³-hybridized carbons (Fsp3) is 0.304. The minimum Gasteiger partial charge on any atom is -0.354 e. The SMILES string of the molecule is N#Cc1ccccc1CCC(=O)NCC(C(=N)c1ccc(Cl)cc1)N1CCCC1=O. The van der Waals surface area contributed by atoms with Crippen LogP contribution in [0.4, 0.5) is 0 Å². The highest BCUT2D eigenvalue weighted by Gasteiger charge is 2.31. The highest BCUT2D eigenvalue weighted by molar-refractivity contribution is 6.30. The van der Waals surface area contributed by atoms with Crippen molar-refractivity contribution in [1.29, 1.82) is 10.7 Å². The van der Waals surface area contributed by atoms with Crippen molar-refractivity contribution < 1.29 is 9.59 Å². The molecule has 2 aromatic carbocycles. The van der Waals surface area contributed by atoms with Crippen LogP contribution in [-0.2, 0) is 16.0 Å². The van der Waals surface area contributed by atoms with E-state index in [0.29, 0.717) is 35.5 Å². The molecular formula is C23H23ClN4O2. The van der Waals surface area contributed by atoms with Crippen molar-refractivity contribution in [1.82, 2.24) is 10.2 Å². The Hall–Kier alpha value is -3.17. The Kier molecular flexibility index (Phi) is 7.21. The number of aryl methyl sites for hydroxylation is 1. The predicted molar refractivity (Wildman–Crippen MR) is 116 cm³/mol. The molecule has 0 saturated carbocycles. The topological polar surface area (TPSA) is 97.1 Å². The zero-order chi connectivity index (χ0) is 21.5. The average Bonchev–Trinajstić information content (AvgIpc) is 3.18. The molecule has 1 unspecified atom stereocenters. The van der Waals surface area contributed by atoms with Gasteiger partial charge in [-0.25, -0.2) is 0 Å². The number of amides is 2.